The summed E-state index contributed by atoms with van der Waals surface area (Å²) in [5, 5.41) is 4.89. The molecule has 4 aromatic rings. The lowest BCUT2D eigenvalue weighted by Crippen LogP contribution is -2.17. The summed E-state index contributed by atoms with van der Waals surface area (Å²) in [5.41, 5.74) is 3.91. The number of H-pyrrole nitrogens is 1. The largest absolute Gasteiger partial charge is 0.493 e. The lowest BCUT2D eigenvalue weighted by atomic mass is 10.2. The third-order valence-corrected chi connectivity index (χ3v) is 5.98. The van der Waals surface area contributed by atoms with Crippen LogP contribution in [0.1, 0.15) is 17.0 Å². The molecule has 0 atom stereocenters. The molecule has 166 valence electrons. The van der Waals surface area contributed by atoms with E-state index in [0.717, 1.165) is 41.0 Å². The van der Waals surface area contributed by atoms with E-state index in [1.165, 1.54) is 0 Å². The Kier molecular flexibility index (Phi) is 7.43. The fourth-order valence-electron chi connectivity index (χ4n) is 3.36. The summed E-state index contributed by atoms with van der Waals surface area (Å²) in [6, 6.07) is 17.2. The number of ether oxygens (including phenoxy) is 2. The minimum atomic E-state index is 0.294. The van der Waals surface area contributed by atoms with E-state index in [2.05, 4.69) is 15.3 Å². The molecule has 4 rings (SSSR count). The predicted octanol–water partition coefficient (Wildman–Crippen LogP) is 6.44. The van der Waals surface area contributed by atoms with Crippen LogP contribution in [0.2, 0.25) is 15.1 Å². The average Bonchev–Trinajstić information content (AvgIpc) is 3.21. The summed E-state index contributed by atoms with van der Waals surface area (Å²) in [4.78, 5) is 7.94. The molecule has 0 aliphatic carbocycles. The van der Waals surface area contributed by atoms with E-state index < -0.39 is 0 Å². The number of aromatic nitrogens is 2. The zero-order valence-electron chi connectivity index (χ0n) is 17.4. The predicted molar refractivity (Wildman–Crippen MR) is 130 cm³/mol. The maximum Gasteiger partial charge on any atom is 0.180 e. The molecule has 8 heteroatoms. The normalized spacial score (nSPS) is 11.1. The highest BCUT2D eigenvalue weighted by molar-refractivity contribution is 6.42. The Labute approximate surface area is 201 Å². The van der Waals surface area contributed by atoms with Crippen molar-refractivity contribution >= 4 is 45.8 Å². The van der Waals surface area contributed by atoms with Gasteiger partial charge in [0.2, 0.25) is 0 Å². The number of nitrogens with one attached hydrogen (secondary N) is 2. The van der Waals surface area contributed by atoms with Gasteiger partial charge in [-0.15, -0.1) is 0 Å². The first-order valence-electron chi connectivity index (χ1n) is 10.1. The van der Waals surface area contributed by atoms with Gasteiger partial charge in [0.15, 0.2) is 11.5 Å². The second kappa shape index (κ2) is 10.5. The van der Waals surface area contributed by atoms with Crippen LogP contribution in [0.15, 0.2) is 54.6 Å². The molecule has 0 saturated heterocycles. The van der Waals surface area contributed by atoms with E-state index in [1.54, 1.807) is 19.2 Å². The Bertz CT molecular complexity index is 1190. The molecule has 0 saturated carbocycles. The van der Waals surface area contributed by atoms with E-state index in [-0.39, 0.29) is 0 Å². The topological polar surface area (TPSA) is 59.2 Å². The number of methoxy groups -OCH3 is 1. The van der Waals surface area contributed by atoms with Gasteiger partial charge in [-0.3, -0.25) is 0 Å². The van der Waals surface area contributed by atoms with Crippen LogP contribution in [0.4, 0.5) is 0 Å². The van der Waals surface area contributed by atoms with Crippen LogP contribution in [-0.2, 0) is 19.6 Å². The molecule has 3 aromatic carbocycles. The van der Waals surface area contributed by atoms with E-state index in [9.17, 15) is 0 Å². The summed E-state index contributed by atoms with van der Waals surface area (Å²) in [7, 11) is 1.59. The molecule has 0 fully saturated rings. The zero-order valence-corrected chi connectivity index (χ0v) is 19.7. The van der Waals surface area contributed by atoms with Crippen molar-refractivity contribution in [2.45, 2.75) is 19.6 Å². The molecular formula is C24H22Cl3N3O2. The molecule has 5 nitrogen and oxygen atoms in total. The molecule has 1 aromatic heterocycles. The Morgan fingerprint density at radius 2 is 1.75 bits per heavy atom. The molecule has 2 N–H and O–H groups in total. The summed E-state index contributed by atoms with van der Waals surface area (Å²) in [5.74, 6) is 2.03. The van der Waals surface area contributed by atoms with Crippen molar-refractivity contribution in [3.05, 3.63) is 86.6 Å². The van der Waals surface area contributed by atoms with Crippen molar-refractivity contribution in [2.24, 2.45) is 0 Å². The van der Waals surface area contributed by atoms with Crippen LogP contribution in [0, 0.1) is 0 Å². The van der Waals surface area contributed by atoms with Gasteiger partial charge in [0.05, 0.1) is 33.2 Å². The fourth-order valence-corrected chi connectivity index (χ4v) is 3.97. The summed E-state index contributed by atoms with van der Waals surface area (Å²) >= 11 is 18.5. The first-order chi connectivity index (χ1) is 15.5. The van der Waals surface area contributed by atoms with Gasteiger partial charge in [-0.2, -0.15) is 0 Å². The number of rotatable bonds is 9. The van der Waals surface area contributed by atoms with Crippen LogP contribution in [0.25, 0.3) is 11.0 Å². The quantitative estimate of drug-likeness (QED) is 0.265. The highest BCUT2D eigenvalue weighted by Gasteiger charge is 2.13. The fraction of sp³-hybridized carbons (Fsp3) is 0.208. The van der Waals surface area contributed by atoms with Gasteiger partial charge < -0.3 is 19.8 Å². The van der Waals surface area contributed by atoms with Crippen molar-refractivity contribution in [2.75, 3.05) is 13.7 Å². The molecule has 32 heavy (non-hydrogen) atoms. The Balaban J connectivity index is 1.35. The van der Waals surface area contributed by atoms with Crippen LogP contribution < -0.4 is 14.8 Å². The van der Waals surface area contributed by atoms with E-state index in [4.69, 9.17) is 44.3 Å². The maximum absolute atomic E-state index is 6.49. The van der Waals surface area contributed by atoms with Crippen molar-refractivity contribution in [3.8, 4) is 11.5 Å². The zero-order chi connectivity index (χ0) is 22.5. The molecule has 0 amide bonds. The number of halogens is 3. The minimum absolute atomic E-state index is 0.294. The molecule has 0 aliphatic heterocycles. The van der Waals surface area contributed by atoms with Crippen molar-refractivity contribution in [3.63, 3.8) is 0 Å². The monoisotopic (exact) mass is 489 g/mol. The highest BCUT2D eigenvalue weighted by Crippen LogP contribution is 2.37. The summed E-state index contributed by atoms with van der Waals surface area (Å²) in [6.45, 7) is 1.71. The Hall–Kier alpha value is -2.44. The summed E-state index contributed by atoms with van der Waals surface area (Å²) in [6.07, 6.45) is 0.796. The summed E-state index contributed by atoms with van der Waals surface area (Å²) < 4.78 is 11.4. The number of hydrogen-bond acceptors (Lipinski definition) is 4. The van der Waals surface area contributed by atoms with E-state index in [0.29, 0.717) is 39.7 Å². The standard InChI is InChI=1S/C24H22Cl3N3O2/c1-31-22-12-16(13-28-9-8-23-29-20-4-2-3-5-21(20)30-23)11-19(27)24(22)32-14-15-6-7-17(25)18(26)10-15/h2-7,10-12,28H,8-9,13-14H2,1H3,(H,29,30). The SMILES string of the molecule is COc1cc(CNCCc2nc3ccccc3[nH]2)cc(Cl)c1OCc1ccc(Cl)c(Cl)c1. The second-order valence-corrected chi connectivity index (χ2v) is 8.50. The number of para-hydroxylation sites is 2. The molecule has 0 bridgehead atoms. The minimum Gasteiger partial charge on any atom is -0.493 e. The van der Waals surface area contributed by atoms with Gasteiger partial charge >= 0.3 is 0 Å². The molecular weight excluding hydrogens is 469 g/mol. The van der Waals surface area contributed by atoms with Crippen molar-refractivity contribution < 1.29 is 9.47 Å². The van der Waals surface area contributed by atoms with Crippen molar-refractivity contribution in [1.82, 2.24) is 15.3 Å². The third kappa shape index (κ3) is 5.48. The lowest BCUT2D eigenvalue weighted by Gasteiger charge is -2.15. The van der Waals surface area contributed by atoms with Gasteiger partial charge in [-0.05, 0) is 47.5 Å². The Morgan fingerprint density at radius 3 is 2.53 bits per heavy atom. The maximum atomic E-state index is 6.49. The average molecular weight is 491 g/mol. The lowest BCUT2D eigenvalue weighted by molar-refractivity contribution is 0.284. The molecule has 0 unspecified atom stereocenters. The Morgan fingerprint density at radius 1 is 0.938 bits per heavy atom. The molecule has 1 heterocycles. The molecule has 0 radical (unpaired) electrons. The van der Waals surface area contributed by atoms with Crippen LogP contribution >= 0.6 is 34.8 Å². The first-order valence-corrected chi connectivity index (χ1v) is 11.2. The van der Waals surface area contributed by atoms with Gasteiger partial charge in [-0.25, -0.2) is 4.98 Å². The number of benzene rings is 3. The van der Waals surface area contributed by atoms with Gasteiger partial charge in [0.1, 0.15) is 12.4 Å². The first kappa shape index (κ1) is 22.7. The van der Waals surface area contributed by atoms with Gasteiger partial charge in [0, 0.05) is 19.5 Å². The number of imidazole rings is 1. The smallest absolute Gasteiger partial charge is 0.180 e. The molecule has 0 spiro atoms. The number of fused-ring (bicyclic) bond motifs is 1. The highest BCUT2D eigenvalue weighted by atomic mass is 35.5. The number of aromatic amines is 1. The van der Waals surface area contributed by atoms with E-state index >= 15 is 0 Å². The van der Waals surface area contributed by atoms with Crippen LogP contribution in [-0.4, -0.2) is 23.6 Å². The molecule has 0 aliphatic rings. The van der Waals surface area contributed by atoms with Crippen LogP contribution in [0.3, 0.4) is 0 Å². The number of hydrogen-bond donors (Lipinski definition) is 2. The third-order valence-electron chi connectivity index (χ3n) is 4.96. The number of nitrogens with zero attached hydrogens (tertiary/aromatic N) is 1. The van der Waals surface area contributed by atoms with E-state index in [1.807, 2.05) is 42.5 Å². The van der Waals surface area contributed by atoms with Gasteiger partial charge in [-0.1, -0.05) is 53.0 Å². The second-order valence-electron chi connectivity index (χ2n) is 7.27. The van der Waals surface area contributed by atoms with Crippen LogP contribution in [0.5, 0.6) is 11.5 Å². The van der Waals surface area contributed by atoms with Gasteiger partial charge in [0.25, 0.3) is 0 Å². The van der Waals surface area contributed by atoms with Crippen molar-refractivity contribution in [1.29, 1.82) is 0 Å².